The molecule has 0 aliphatic rings. The maximum absolute atomic E-state index is 12.7. The van der Waals surface area contributed by atoms with Gasteiger partial charge in [0, 0.05) is 15.8 Å². The molecule has 1 aromatic carbocycles. The zero-order valence-corrected chi connectivity index (χ0v) is 17.5. The first-order valence-electron chi connectivity index (χ1n) is 9.46. The average Bonchev–Trinajstić information content (AvgIpc) is 3.44. The average molecular weight is 448 g/mol. The summed E-state index contributed by atoms with van der Waals surface area (Å²) >= 11 is 1.39. The van der Waals surface area contributed by atoms with Gasteiger partial charge in [0.05, 0.1) is 17.4 Å². The first-order chi connectivity index (χ1) is 14.7. The standard InChI is InChI=1S/C21H19F3N4O2S/c1-12(2)21(29,18-10-25-28-27-18)17-8-5-13-14(26-17)6-7-15(30-11-20(22,23)24)19(13)16-4-3-9-31-16/h3-10,12,29H,11H2,1-2H3,(H,25,27,28). The molecule has 0 aliphatic carbocycles. The van der Waals surface area contributed by atoms with E-state index in [1.807, 2.05) is 31.4 Å². The SMILES string of the molecule is CC(C)C(O)(c1cn[nH]n1)c1ccc2c(-c3cccs3)c(OCC(F)(F)F)ccc2n1. The molecular weight excluding hydrogens is 429 g/mol. The van der Waals surface area contributed by atoms with Crippen LogP contribution in [-0.2, 0) is 5.60 Å². The number of nitrogens with one attached hydrogen (secondary N) is 1. The van der Waals surface area contributed by atoms with E-state index in [2.05, 4.69) is 20.4 Å². The summed E-state index contributed by atoms with van der Waals surface area (Å²) in [5.74, 6) is -0.147. The second-order valence-corrected chi connectivity index (χ2v) is 8.31. The van der Waals surface area contributed by atoms with Crippen LogP contribution in [0.3, 0.4) is 0 Å². The van der Waals surface area contributed by atoms with Gasteiger partial charge in [0.25, 0.3) is 0 Å². The Labute approximate surface area is 179 Å². The molecule has 2 N–H and O–H groups in total. The Kier molecular flexibility index (Phi) is 5.44. The Balaban J connectivity index is 1.86. The highest BCUT2D eigenvalue weighted by Gasteiger charge is 2.39. The maximum atomic E-state index is 12.7. The molecular formula is C21H19F3N4O2S. The predicted molar refractivity (Wildman–Crippen MR) is 111 cm³/mol. The second kappa shape index (κ2) is 7.93. The first kappa shape index (κ1) is 21.3. The number of alkyl halides is 3. The number of aromatic nitrogens is 4. The van der Waals surface area contributed by atoms with Gasteiger partial charge < -0.3 is 9.84 Å². The Morgan fingerprint density at radius 3 is 2.55 bits per heavy atom. The zero-order chi connectivity index (χ0) is 22.2. The molecule has 31 heavy (non-hydrogen) atoms. The predicted octanol–water partition coefficient (Wildman–Crippen LogP) is 4.91. The molecule has 1 atom stereocenters. The van der Waals surface area contributed by atoms with Crippen molar-refractivity contribution in [3.63, 3.8) is 0 Å². The van der Waals surface area contributed by atoms with E-state index in [1.54, 1.807) is 18.2 Å². The number of benzene rings is 1. The minimum atomic E-state index is -4.45. The van der Waals surface area contributed by atoms with Crippen LogP contribution in [0.15, 0.2) is 48.0 Å². The van der Waals surface area contributed by atoms with E-state index in [0.29, 0.717) is 27.9 Å². The molecule has 3 heterocycles. The highest BCUT2D eigenvalue weighted by Crippen LogP contribution is 2.41. The number of aliphatic hydroxyl groups is 1. The summed E-state index contributed by atoms with van der Waals surface area (Å²) in [6.45, 7) is 2.29. The third-order valence-electron chi connectivity index (χ3n) is 5.02. The normalized spacial score (nSPS) is 14.2. The lowest BCUT2D eigenvalue weighted by molar-refractivity contribution is -0.153. The monoisotopic (exact) mass is 448 g/mol. The Hall–Kier alpha value is -2.98. The number of aromatic amines is 1. The minimum absolute atomic E-state index is 0.123. The molecule has 0 radical (unpaired) electrons. The van der Waals surface area contributed by atoms with Gasteiger partial charge in [-0.15, -0.1) is 11.3 Å². The molecule has 0 aliphatic heterocycles. The third kappa shape index (κ3) is 4.00. The quantitative estimate of drug-likeness (QED) is 0.438. The minimum Gasteiger partial charge on any atom is -0.483 e. The number of hydrogen-bond acceptors (Lipinski definition) is 6. The van der Waals surface area contributed by atoms with Crippen LogP contribution in [0.1, 0.15) is 25.2 Å². The third-order valence-corrected chi connectivity index (χ3v) is 5.91. The van der Waals surface area contributed by atoms with E-state index in [1.165, 1.54) is 23.6 Å². The smallest absolute Gasteiger partial charge is 0.422 e. The summed E-state index contributed by atoms with van der Waals surface area (Å²) in [6.07, 6.45) is -3.01. The lowest BCUT2D eigenvalue weighted by Gasteiger charge is -2.29. The summed E-state index contributed by atoms with van der Waals surface area (Å²) in [5.41, 5.74) is 0.256. The van der Waals surface area contributed by atoms with Crippen LogP contribution in [0.5, 0.6) is 5.75 Å². The van der Waals surface area contributed by atoms with Crippen molar-refractivity contribution < 1.29 is 23.0 Å². The van der Waals surface area contributed by atoms with Gasteiger partial charge >= 0.3 is 6.18 Å². The zero-order valence-electron chi connectivity index (χ0n) is 16.6. The highest BCUT2D eigenvalue weighted by atomic mass is 32.1. The molecule has 0 amide bonds. The molecule has 0 saturated carbocycles. The van der Waals surface area contributed by atoms with E-state index in [4.69, 9.17) is 4.74 Å². The van der Waals surface area contributed by atoms with Crippen molar-refractivity contribution in [2.75, 3.05) is 6.61 Å². The second-order valence-electron chi connectivity index (χ2n) is 7.36. The Morgan fingerprint density at radius 2 is 1.94 bits per heavy atom. The van der Waals surface area contributed by atoms with Crippen molar-refractivity contribution in [1.29, 1.82) is 0 Å². The molecule has 162 valence electrons. The number of hydrogen-bond donors (Lipinski definition) is 2. The number of fused-ring (bicyclic) bond motifs is 1. The summed E-state index contributed by atoms with van der Waals surface area (Å²) in [7, 11) is 0. The summed E-state index contributed by atoms with van der Waals surface area (Å²) in [4.78, 5) is 5.40. The number of H-pyrrole nitrogens is 1. The van der Waals surface area contributed by atoms with Crippen LogP contribution < -0.4 is 4.74 Å². The number of rotatable bonds is 6. The van der Waals surface area contributed by atoms with Crippen LogP contribution in [-0.4, -0.2) is 38.3 Å². The first-order valence-corrected chi connectivity index (χ1v) is 10.3. The van der Waals surface area contributed by atoms with E-state index in [0.717, 1.165) is 4.88 Å². The van der Waals surface area contributed by atoms with Crippen LogP contribution in [0, 0.1) is 5.92 Å². The van der Waals surface area contributed by atoms with Crippen LogP contribution >= 0.6 is 11.3 Å². The molecule has 0 bridgehead atoms. The molecule has 0 spiro atoms. The van der Waals surface area contributed by atoms with Gasteiger partial charge in [-0.2, -0.15) is 28.6 Å². The lowest BCUT2D eigenvalue weighted by atomic mass is 9.83. The molecule has 1 unspecified atom stereocenters. The number of pyridine rings is 1. The van der Waals surface area contributed by atoms with Crippen LogP contribution in [0.4, 0.5) is 13.2 Å². The van der Waals surface area contributed by atoms with Crippen molar-refractivity contribution in [2.45, 2.75) is 25.6 Å². The molecule has 0 fully saturated rings. The van der Waals surface area contributed by atoms with Gasteiger partial charge in [-0.05, 0) is 35.6 Å². The van der Waals surface area contributed by atoms with Crippen molar-refractivity contribution in [1.82, 2.24) is 20.4 Å². The topological polar surface area (TPSA) is 83.9 Å². The fourth-order valence-corrected chi connectivity index (χ4v) is 4.25. The van der Waals surface area contributed by atoms with Crippen LogP contribution in [0.2, 0.25) is 0 Å². The molecule has 6 nitrogen and oxygen atoms in total. The van der Waals surface area contributed by atoms with Gasteiger partial charge in [0.15, 0.2) is 12.2 Å². The molecule has 10 heteroatoms. The molecule has 3 aromatic heterocycles. The number of thiophene rings is 1. The number of halogens is 3. The molecule has 4 rings (SSSR count). The van der Waals surface area contributed by atoms with Gasteiger partial charge in [-0.25, -0.2) is 4.98 Å². The van der Waals surface area contributed by atoms with Crippen molar-refractivity contribution in [2.24, 2.45) is 5.92 Å². The highest BCUT2D eigenvalue weighted by molar-refractivity contribution is 7.13. The maximum Gasteiger partial charge on any atom is 0.422 e. The van der Waals surface area contributed by atoms with Crippen molar-refractivity contribution >= 4 is 22.2 Å². The lowest BCUT2D eigenvalue weighted by Crippen LogP contribution is -2.35. The van der Waals surface area contributed by atoms with Gasteiger partial charge in [-0.1, -0.05) is 26.0 Å². The Morgan fingerprint density at radius 1 is 1.13 bits per heavy atom. The van der Waals surface area contributed by atoms with Gasteiger partial charge in [0.1, 0.15) is 11.4 Å². The largest absolute Gasteiger partial charge is 0.483 e. The van der Waals surface area contributed by atoms with E-state index >= 15 is 0 Å². The van der Waals surface area contributed by atoms with Crippen molar-refractivity contribution in [3.8, 4) is 16.2 Å². The van der Waals surface area contributed by atoms with Gasteiger partial charge in [-0.3, -0.25) is 0 Å². The molecule has 0 saturated heterocycles. The van der Waals surface area contributed by atoms with Gasteiger partial charge in [0.2, 0.25) is 0 Å². The van der Waals surface area contributed by atoms with Crippen molar-refractivity contribution in [3.05, 3.63) is 59.4 Å². The van der Waals surface area contributed by atoms with Crippen LogP contribution in [0.25, 0.3) is 21.3 Å². The number of nitrogens with zero attached hydrogens (tertiary/aromatic N) is 3. The number of ether oxygens (including phenoxy) is 1. The fraction of sp³-hybridized carbons (Fsp3) is 0.286. The fourth-order valence-electron chi connectivity index (χ4n) is 3.46. The Bertz CT molecular complexity index is 1180. The van der Waals surface area contributed by atoms with E-state index < -0.39 is 18.4 Å². The summed E-state index contributed by atoms with van der Waals surface area (Å²) in [5, 5.41) is 24.2. The van der Waals surface area contributed by atoms with E-state index in [-0.39, 0.29) is 11.7 Å². The summed E-state index contributed by atoms with van der Waals surface area (Å²) in [6, 6.07) is 10.1. The summed E-state index contributed by atoms with van der Waals surface area (Å²) < 4.78 is 43.4. The molecule has 4 aromatic rings. The van der Waals surface area contributed by atoms with E-state index in [9.17, 15) is 18.3 Å².